The Kier molecular flexibility index (Phi) is 5.25. The van der Waals surface area contributed by atoms with E-state index in [9.17, 15) is 19.2 Å². The van der Waals surface area contributed by atoms with Crippen LogP contribution < -0.4 is 10.6 Å². The summed E-state index contributed by atoms with van der Waals surface area (Å²) in [6.45, 7) is 1.67. The lowest BCUT2D eigenvalue weighted by atomic mass is 10.1. The first kappa shape index (κ1) is 18.0. The lowest BCUT2D eigenvalue weighted by Crippen LogP contribution is -2.35. The first-order valence-corrected chi connectivity index (χ1v) is 8.08. The van der Waals surface area contributed by atoms with E-state index in [0.29, 0.717) is 5.56 Å². The Hall–Kier alpha value is -2.39. The van der Waals surface area contributed by atoms with Gasteiger partial charge in [-0.2, -0.15) is 0 Å². The summed E-state index contributed by atoms with van der Waals surface area (Å²) in [6.07, 6.45) is -0.0768. The Balaban J connectivity index is 2.22. The highest BCUT2D eigenvalue weighted by Crippen LogP contribution is 2.32. The molecule has 9 heteroatoms. The fraction of sp³-hybridized carbons (Fsp3) is 0.333. The first-order chi connectivity index (χ1) is 11.2. The van der Waals surface area contributed by atoms with Gasteiger partial charge < -0.3 is 15.9 Å². The van der Waals surface area contributed by atoms with Crippen LogP contribution in [-0.2, 0) is 14.4 Å². The lowest BCUT2D eigenvalue weighted by molar-refractivity contribution is -0.138. The molecule has 0 bridgehead atoms. The number of carboxylic acid groups (broad SMARTS) is 2. The van der Waals surface area contributed by atoms with Crippen molar-refractivity contribution in [2.75, 3.05) is 10.7 Å². The molecule has 2 atom stereocenters. The van der Waals surface area contributed by atoms with Gasteiger partial charge in [0.15, 0.2) is 0 Å². The van der Waals surface area contributed by atoms with Crippen LogP contribution in [0, 0.1) is 6.92 Å². The van der Waals surface area contributed by atoms with E-state index in [1.165, 1.54) is 18.2 Å². The number of nitrogens with zero attached hydrogens (tertiary/aromatic N) is 1. The van der Waals surface area contributed by atoms with Crippen molar-refractivity contribution in [1.29, 1.82) is 0 Å². The second-order valence-corrected chi connectivity index (χ2v) is 6.58. The van der Waals surface area contributed by atoms with E-state index in [4.69, 9.17) is 15.9 Å². The number of anilines is 1. The number of imide groups is 1. The number of hydrogen-bond donors (Lipinski definition) is 3. The Bertz CT molecular complexity index is 720. The predicted octanol–water partition coefficient (Wildman–Crippen LogP) is 0.470. The molecule has 0 aliphatic carbocycles. The minimum absolute atomic E-state index is 0.001000. The molecule has 1 aliphatic rings. The number of amides is 2. The number of benzene rings is 1. The maximum absolute atomic E-state index is 12.5. The number of aliphatic carboxylic acids is 1. The third kappa shape index (κ3) is 3.57. The molecule has 2 amide bonds. The van der Waals surface area contributed by atoms with E-state index in [-0.39, 0.29) is 23.4 Å². The largest absolute Gasteiger partial charge is 0.480 e. The van der Waals surface area contributed by atoms with Crippen molar-refractivity contribution in [1.82, 2.24) is 0 Å². The minimum atomic E-state index is -1.18. The van der Waals surface area contributed by atoms with Crippen LogP contribution >= 0.6 is 11.8 Å². The highest BCUT2D eigenvalue weighted by Gasteiger charge is 2.40. The normalized spacial score (nSPS) is 18.8. The van der Waals surface area contributed by atoms with Gasteiger partial charge in [-0.25, -0.2) is 9.69 Å². The quantitative estimate of drug-likeness (QED) is 0.628. The van der Waals surface area contributed by atoms with Crippen molar-refractivity contribution >= 4 is 41.2 Å². The molecular weight excluding hydrogens is 336 g/mol. The topological polar surface area (TPSA) is 138 Å². The van der Waals surface area contributed by atoms with Gasteiger partial charge in [-0.3, -0.25) is 14.4 Å². The maximum atomic E-state index is 12.5. The van der Waals surface area contributed by atoms with Crippen LogP contribution in [-0.4, -0.2) is 51.0 Å². The van der Waals surface area contributed by atoms with Gasteiger partial charge in [0.2, 0.25) is 11.8 Å². The minimum Gasteiger partial charge on any atom is -0.480 e. The van der Waals surface area contributed by atoms with E-state index >= 15 is 0 Å². The monoisotopic (exact) mass is 352 g/mol. The van der Waals surface area contributed by atoms with Crippen LogP contribution in [0.15, 0.2) is 18.2 Å². The summed E-state index contributed by atoms with van der Waals surface area (Å²) in [6, 6.07) is 3.08. The molecule has 0 unspecified atom stereocenters. The van der Waals surface area contributed by atoms with Gasteiger partial charge in [0.25, 0.3) is 0 Å². The highest BCUT2D eigenvalue weighted by molar-refractivity contribution is 8.00. The summed E-state index contributed by atoms with van der Waals surface area (Å²) in [4.78, 5) is 47.5. The van der Waals surface area contributed by atoms with Gasteiger partial charge >= 0.3 is 11.9 Å². The van der Waals surface area contributed by atoms with Gasteiger partial charge in [0.05, 0.1) is 16.5 Å². The van der Waals surface area contributed by atoms with E-state index in [0.717, 1.165) is 16.7 Å². The van der Waals surface area contributed by atoms with Gasteiger partial charge in [-0.15, -0.1) is 11.8 Å². The molecule has 1 fully saturated rings. The molecular formula is C15H16N2O6S. The molecule has 1 heterocycles. The second kappa shape index (κ2) is 7.02. The number of aryl methyl sites for hydroxylation is 1. The van der Waals surface area contributed by atoms with Crippen molar-refractivity contribution in [2.45, 2.75) is 24.6 Å². The van der Waals surface area contributed by atoms with Crippen molar-refractivity contribution in [3.63, 3.8) is 0 Å². The van der Waals surface area contributed by atoms with Crippen molar-refractivity contribution in [3.05, 3.63) is 29.3 Å². The SMILES string of the molecule is Cc1ccc(C(=O)O)cc1N1C(=O)C[C@@H](SC[C@@H](N)C(=O)O)C1=O. The average molecular weight is 352 g/mol. The van der Waals surface area contributed by atoms with Crippen molar-refractivity contribution in [3.8, 4) is 0 Å². The molecule has 0 aromatic heterocycles. The zero-order chi connectivity index (χ0) is 18.0. The second-order valence-electron chi connectivity index (χ2n) is 5.34. The number of carbonyl (C=O) groups excluding carboxylic acids is 2. The lowest BCUT2D eigenvalue weighted by Gasteiger charge is -2.18. The summed E-state index contributed by atoms with van der Waals surface area (Å²) < 4.78 is 0. The molecule has 0 radical (unpaired) electrons. The third-order valence-electron chi connectivity index (χ3n) is 3.60. The summed E-state index contributed by atoms with van der Waals surface area (Å²) in [5.41, 5.74) is 6.20. The van der Waals surface area contributed by atoms with E-state index in [1.54, 1.807) is 6.92 Å². The molecule has 1 saturated heterocycles. The summed E-state index contributed by atoms with van der Waals surface area (Å²) in [5, 5.41) is 17.1. The first-order valence-electron chi connectivity index (χ1n) is 7.03. The summed E-state index contributed by atoms with van der Waals surface area (Å²) in [7, 11) is 0. The maximum Gasteiger partial charge on any atom is 0.335 e. The van der Waals surface area contributed by atoms with Crippen LogP contribution in [0.25, 0.3) is 0 Å². The van der Waals surface area contributed by atoms with Crippen LogP contribution in [0.3, 0.4) is 0 Å². The molecule has 0 spiro atoms. The van der Waals surface area contributed by atoms with Crippen LogP contribution in [0.4, 0.5) is 5.69 Å². The van der Waals surface area contributed by atoms with Gasteiger partial charge in [0, 0.05) is 12.2 Å². The number of nitrogens with two attached hydrogens (primary N) is 1. The highest BCUT2D eigenvalue weighted by atomic mass is 32.2. The molecule has 4 N–H and O–H groups in total. The van der Waals surface area contributed by atoms with Gasteiger partial charge in [-0.05, 0) is 24.6 Å². The Morgan fingerprint density at radius 2 is 2.04 bits per heavy atom. The van der Waals surface area contributed by atoms with Crippen LogP contribution in [0.1, 0.15) is 22.3 Å². The summed E-state index contributed by atoms with van der Waals surface area (Å²) >= 11 is 1.01. The zero-order valence-electron chi connectivity index (χ0n) is 12.8. The Morgan fingerprint density at radius 3 is 2.62 bits per heavy atom. The molecule has 1 aromatic carbocycles. The zero-order valence-corrected chi connectivity index (χ0v) is 13.6. The predicted molar refractivity (Wildman–Crippen MR) is 87.1 cm³/mol. The molecule has 24 heavy (non-hydrogen) atoms. The smallest absolute Gasteiger partial charge is 0.335 e. The van der Waals surface area contributed by atoms with Crippen LogP contribution in [0.2, 0.25) is 0 Å². The van der Waals surface area contributed by atoms with Gasteiger partial charge in [-0.1, -0.05) is 6.07 Å². The molecule has 128 valence electrons. The molecule has 1 aliphatic heterocycles. The van der Waals surface area contributed by atoms with Crippen LogP contribution in [0.5, 0.6) is 0 Å². The van der Waals surface area contributed by atoms with Crippen molar-refractivity contribution < 1.29 is 29.4 Å². The number of thioether (sulfide) groups is 1. The fourth-order valence-electron chi connectivity index (χ4n) is 2.26. The van der Waals surface area contributed by atoms with E-state index in [2.05, 4.69) is 0 Å². The number of rotatable bonds is 6. The summed E-state index contributed by atoms with van der Waals surface area (Å²) in [5.74, 6) is -3.28. The average Bonchev–Trinajstić information content (AvgIpc) is 2.79. The molecule has 8 nitrogen and oxygen atoms in total. The number of carbonyl (C=O) groups is 4. The fourth-order valence-corrected chi connectivity index (χ4v) is 3.35. The number of aromatic carboxylic acids is 1. The van der Waals surface area contributed by atoms with E-state index < -0.39 is 35.0 Å². The number of carboxylic acids is 2. The number of hydrogen-bond acceptors (Lipinski definition) is 6. The van der Waals surface area contributed by atoms with E-state index in [1.807, 2.05) is 0 Å². The third-order valence-corrected chi connectivity index (χ3v) is 4.92. The Morgan fingerprint density at radius 1 is 1.38 bits per heavy atom. The van der Waals surface area contributed by atoms with Crippen molar-refractivity contribution in [2.24, 2.45) is 5.73 Å². The van der Waals surface area contributed by atoms with Gasteiger partial charge in [0.1, 0.15) is 6.04 Å². The molecule has 0 saturated carbocycles. The standard InChI is InChI=1S/C15H16N2O6S/c1-7-2-3-8(14(20)21)4-10(7)17-12(18)5-11(13(17)19)24-6-9(16)15(22)23/h2-4,9,11H,5-6,16H2,1H3,(H,20,21)(H,22,23)/t9-,11-/m1/s1. The Labute approximate surface area is 141 Å². The molecule has 2 rings (SSSR count). The molecule has 1 aromatic rings.